The van der Waals surface area contributed by atoms with Gasteiger partial charge in [0.2, 0.25) is 10.0 Å². The van der Waals surface area contributed by atoms with Crippen LogP contribution in [0.4, 0.5) is 17.1 Å². The predicted molar refractivity (Wildman–Crippen MR) is 141 cm³/mol. The Morgan fingerprint density at radius 1 is 1.03 bits per heavy atom. The molecule has 0 aliphatic carbocycles. The molecule has 0 saturated carbocycles. The molecule has 192 valence electrons. The van der Waals surface area contributed by atoms with Crippen LogP contribution >= 0.6 is 11.6 Å². The fourth-order valence-electron chi connectivity index (χ4n) is 3.19. The highest BCUT2D eigenvalue weighted by Gasteiger charge is 2.22. The lowest BCUT2D eigenvalue weighted by atomic mass is 10.1. The third kappa shape index (κ3) is 7.59. The number of carbonyl (C=O) groups excluding carboxylic acids is 2. The standard InChI is InChI=1S/C24H22ClN5O6S/c1-16(17-6-4-9-20(13-17)26-24(32)18-7-3-8-19(25)12-18)27-28-23(31)15-29(37(2,35)36)21-10-5-11-22(14-21)30(33)34/h3-14H,15H2,1-2H3,(H,26,32)(H,28,31)/b27-16-. The zero-order chi connectivity index (χ0) is 27.2. The van der Waals surface area contributed by atoms with Crippen LogP contribution in [0.25, 0.3) is 0 Å². The van der Waals surface area contributed by atoms with Crippen molar-refractivity contribution in [3.63, 3.8) is 0 Å². The molecule has 0 aliphatic rings. The van der Waals surface area contributed by atoms with Gasteiger partial charge in [0.25, 0.3) is 17.5 Å². The molecule has 13 heteroatoms. The van der Waals surface area contributed by atoms with Gasteiger partial charge in [0.1, 0.15) is 6.54 Å². The summed E-state index contributed by atoms with van der Waals surface area (Å²) in [5.41, 5.74) is 3.78. The molecule has 3 aromatic carbocycles. The molecular formula is C24H22ClN5O6S. The Hall–Kier alpha value is -4.29. The molecule has 0 bridgehead atoms. The molecule has 11 nitrogen and oxygen atoms in total. The zero-order valence-electron chi connectivity index (χ0n) is 19.7. The molecule has 3 aromatic rings. The number of halogens is 1. The number of nitrogens with one attached hydrogen (secondary N) is 2. The molecule has 2 amide bonds. The van der Waals surface area contributed by atoms with Gasteiger partial charge in [0.15, 0.2) is 0 Å². The van der Waals surface area contributed by atoms with E-state index in [0.717, 1.165) is 16.6 Å². The number of rotatable bonds is 9. The number of non-ortho nitro benzene ring substituents is 1. The molecule has 0 saturated heterocycles. The van der Waals surface area contributed by atoms with Crippen molar-refractivity contribution >= 4 is 56.2 Å². The van der Waals surface area contributed by atoms with Crippen molar-refractivity contribution in [1.29, 1.82) is 0 Å². The topological polar surface area (TPSA) is 151 Å². The van der Waals surface area contributed by atoms with Gasteiger partial charge in [-0.25, -0.2) is 13.8 Å². The third-order valence-electron chi connectivity index (χ3n) is 4.99. The number of anilines is 2. The second-order valence-electron chi connectivity index (χ2n) is 7.82. The van der Waals surface area contributed by atoms with Crippen molar-refractivity contribution in [2.45, 2.75) is 6.92 Å². The number of hydrazone groups is 1. The van der Waals surface area contributed by atoms with Crippen molar-refractivity contribution in [2.75, 3.05) is 22.4 Å². The van der Waals surface area contributed by atoms with Crippen LogP contribution in [0, 0.1) is 10.1 Å². The number of benzene rings is 3. The maximum absolute atomic E-state index is 12.5. The van der Waals surface area contributed by atoms with E-state index in [4.69, 9.17) is 11.6 Å². The molecule has 2 N–H and O–H groups in total. The number of nitro benzene ring substituents is 1. The molecule has 0 aromatic heterocycles. The number of hydrogen-bond donors (Lipinski definition) is 2. The first-order chi connectivity index (χ1) is 17.4. The van der Waals surface area contributed by atoms with E-state index >= 15 is 0 Å². The van der Waals surface area contributed by atoms with Crippen molar-refractivity contribution in [3.05, 3.63) is 99.1 Å². The highest BCUT2D eigenvalue weighted by atomic mass is 35.5. The van der Waals surface area contributed by atoms with Gasteiger partial charge >= 0.3 is 0 Å². The van der Waals surface area contributed by atoms with Crippen LogP contribution in [0.3, 0.4) is 0 Å². The Morgan fingerprint density at radius 3 is 2.38 bits per heavy atom. The van der Waals surface area contributed by atoms with Crippen molar-refractivity contribution in [2.24, 2.45) is 5.10 Å². The third-order valence-corrected chi connectivity index (χ3v) is 6.37. The summed E-state index contributed by atoms with van der Waals surface area (Å²) in [6.07, 6.45) is 0.886. The summed E-state index contributed by atoms with van der Waals surface area (Å²) in [5, 5.41) is 18.2. The first kappa shape index (κ1) is 27.3. The molecule has 0 spiro atoms. The number of hydrogen-bond acceptors (Lipinski definition) is 7. The maximum Gasteiger partial charge on any atom is 0.271 e. The van der Waals surface area contributed by atoms with Gasteiger partial charge in [-0.3, -0.25) is 24.0 Å². The van der Waals surface area contributed by atoms with Crippen LogP contribution in [0.1, 0.15) is 22.8 Å². The van der Waals surface area contributed by atoms with E-state index < -0.39 is 27.4 Å². The Bertz CT molecular complexity index is 1490. The Labute approximate surface area is 218 Å². The van der Waals surface area contributed by atoms with E-state index in [-0.39, 0.29) is 17.3 Å². The van der Waals surface area contributed by atoms with Crippen LogP contribution in [0.5, 0.6) is 0 Å². The van der Waals surface area contributed by atoms with Gasteiger partial charge < -0.3 is 5.32 Å². The highest BCUT2D eigenvalue weighted by molar-refractivity contribution is 7.92. The van der Waals surface area contributed by atoms with E-state index in [9.17, 15) is 28.1 Å². The van der Waals surface area contributed by atoms with Crippen LogP contribution in [-0.4, -0.2) is 43.7 Å². The van der Waals surface area contributed by atoms with Crippen molar-refractivity contribution in [1.82, 2.24) is 5.43 Å². The molecule has 0 unspecified atom stereocenters. The molecule has 0 aliphatic heterocycles. The summed E-state index contributed by atoms with van der Waals surface area (Å²) in [6.45, 7) is 0.972. The minimum Gasteiger partial charge on any atom is -0.322 e. The van der Waals surface area contributed by atoms with Gasteiger partial charge in [0, 0.05) is 28.4 Å². The molecule has 0 fully saturated rings. The quantitative estimate of drug-likeness (QED) is 0.238. The summed E-state index contributed by atoms with van der Waals surface area (Å²) in [4.78, 5) is 35.3. The maximum atomic E-state index is 12.5. The van der Waals surface area contributed by atoms with Gasteiger partial charge in [-0.15, -0.1) is 0 Å². The molecule has 0 atom stereocenters. The molecule has 0 heterocycles. The number of nitro groups is 1. The minimum atomic E-state index is -3.94. The molecular weight excluding hydrogens is 522 g/mol. The first-order valence-corrected chi connectivity index (χ1v) is 12.9. The van der Waals surface area contributed by atoms with Gasteiger partial charge in [0.05, 0.1) is 22.6 Å². The Kier molecular flexibility index (Phi) is 8.58. The summed E-state index contributed by atoms with van der Waals surface area (Å²) in [7, 11) is -3.94. The molecule has 3 rings (SSSR count). The van der Waals surface area contributed by atoms with Gasteiger partial charge in [-0.05, 0) is 48.9 Å². The van der Waals surface area contributed by atoms with Crippen molar-refractivity contribution in [3.8, 4) is 0 Å². The number of nitrogens with zero attached hydrogens (tertiary/aromatic N) is 3. The average Bonchev–Trinajstić information content (AvgIpc) is 2.85. The van der Waals surface area contributed by atoms with Crippen LogP contribution in [0.2, 0.25) is 5.02 Å². The fraction of sp³-hybridized carbons (Fsp3) is 0.125. The predicted octanol–water partition coefficient (Wildman–Crippen LogP) is 3.81. The smallest absolute Gasteiger partial charge is 0.271 e. The highest BCUT2D eigenvalue weighted by Crippen LogP contribution is 2.23. The fourth-order valence-corrected chi connectivity index (χ4v) is 4.23. The Morgan fingerprint density at radius 2 is 1.70 bits per heavy atom. The summed E-state index contributed by atoms with van der Waals surface area (Å²) >= 11 is 5.94. The van der Waals surface area contributed by atoms with E-state index in [1.54, 1.807) is 49.4 Å². The first-order valence-electron chi connectivity index (χ1n) is 10.7. The SMILES string of the molecule is C/C(=N/NC(=O)CN(c1cccc([N+](=O)[O-])c1)S(C)(=O)=O)c1cccc(NC(=O)c2cccc(Cl)c2)c1. The largest absolute Gasteiger partial charge is 0.322 e. The lowest BCUT2D eigenvalue weighted by Crippen LogP contribution is -2.39. The van der Waals surface area contributed by atoms with Crippen molar-refractivity contribution < 1.29 is 22.9 Å². The van der Waals surface area contributed by atoms with Crippen LogP contribution in [0.15, 0.2) is 77.9 Å². The lowest BCUT2D eigenvalue weighted by Gasteiger charge is -2.21. The minimum absolute atomic E-state index is 0.0318. The lowest BCUT2D eigenvalue weighted by molar-refractivity contribution is -0.384. The Balaban J connectivity index is 1.71. The van der Waals surface area contributed by atoms with E-state index in [1.807, 2.05) is 0 Å². The van der Waals surface area contributed by atoms with Gasteiger partial charge in [-0.1, -0.05) is 35.9 Å². The van der Waals surface area contributed by atoms with Crippen LogP contribution < -0.4 is 15.0 Å². The number of carbonyl (C=O) groups is 2. The summed E-state index contributed by atoms with van der Waals surface area (Å²) in [5.74, 6) is -1.12. The van der Waals surface area contributed by atoms with E-state index in [1.165, 1.54) is 24.3 Å². The molecule has 37 heavy (non-hydrogen) atoms. The molecule has 0 radical (unpaired) electrons. The second kappa shape index (κ2) is 11.6. The summed E-state index contributed by atoms with van der Waals surface area (Å²) < 4.78 is 25.2. The zero-order valence-corrected chi connectivity index (χ0v) is 21.3. The van der Waals surface area contributed by atoms with E-state index in [0.29, 0.717) is 27.5 Å². The monoisotopic (exact) mass is 543 g/mol. The number of amides is 2. The normalized spacial score (nSPS) is 11.5. The van der Waals surface area contributed by atoms with Gasteiger partial charge in [-0.2, -0.15) is 5.10 Å². The average molecular weight is 544 g/mol. The van der Waals surface area contributed by atoms with Crippen LogP contribution in [-0.2, 0) is 14.8 Å². The van der Waals surface area contributed by atoms with E-state index in [2.05, 4.69) is 15.8 Å². The number of sulfonamides is 1. The summed E-state index contributed by atoms with van der Waals surface area (Å²) in [6, 6.07) is 18.2. The second-order valence-corrected chi connectivity index (χ2v) is 10.2.